The van der Waals surface area contributed by atoms with Crippen LogP contribution in [-0.2, 0) is 4.74 Å². The van der Waals surface area contributed by atoms with Gasteiger partial charge in [0.05, 0.1) is 6.10 Å². The van der Waals surface area contributed by atoms with E-state index in [-0.39, 0.29) is 0 Å². The van der Waals surface area contributed by atoms with Gasteiger partial charge in [0.25, 0.3) is 0 Å². The van der Waals surface area contributed by atoms with Crippen molar-refractivity contribution in [1.29, 1.82) is 0 Å². The average molecular weight is 183 g/mol. The average Bonchev–Trinajstić information content (AvgIpc) is 2.03. The first-order valence-electron chi connectivity index (χ1n) is 5.50. The zero-order chi connectivity index (χ0) is 9.47. The SMILES string of the molecule is CCC(OC)[C@@]12CC(C[C@@H](C)C1)N2. The molecule has 1 aliphatic carbocycles. The van der Waals surface area contributed by atoms with Crippen LogP contribution in [0.4, 0.5) is 0 Å². The number of hydrogen-bond acceptors (Lipinski definition) is 2. The Morgan fingerprint density at radius 3 is 2.69 bits per heavy atom. The first-order valence-corrected chi connectivity index (χ1v) is 5.50. The summed E-state index contributed by atoms with van der Waals surface area (Å²) in [6.07, 6.45) is 5.55. The molecule has 1 N–H and O–H groups in total. The highest BCUT2D eigenvalue weighted by molar-refractivity contribution is 5.12. The predicted octanol–water partition coefficient (Wildman–Crippen LogP) is 1.94. The van der Waals surface area contributed by atoms with Crippen LogP contribution in [0.5, 0.6) is 0 Å². The Hall–Kier alpha value is -0.0800. The third-order valence-electron chi connectivity index (χ3n) is 3.77. The topological polar surface area (TPSA) is 21.3 Å². The number of nitrogens with one attached hydrogen (secondary N) is 1. The van der Waals surface area contributed by atoms with Gasteiger partial charge in [-0.2, -0.15) is 0 Å². The van der Waals surface area contributed by atoms with Gasteiger partial charge in [-0.3, -0.25) is 0 Å². The standard InChI is InChI=1S/C11H21NO/c1-4-10(13-3)11-6-8(2)5-9(7-11)12-11/h8-10,12H,4-7H2,1-3H3/t8-,9?,10?,11+/m1/s1. The Balaban J connectivity index is 2.04. The normalized spacial score (nSPS) is 45.5. The molecule has 0 spiro atoms. The third kappa shape index (κ3) is 1.40. The Labute approximate surface area is 81.0 Å². The summed E-state index contributed by atoms with van der Waals surface area (Å²) in [6, 6.07) is 0.785. The minimum Gasteiger partial charge on any atom is -0.380 e. The lowest BCUT2D eigenvalue weighted by molar-refractivity contribution is -0.0798. The molecule has 0 aromatic heterocycles. The fraction of sp³-hybridized carbons (Fsp3) is 1.00. The minimum absolute atomic E-state index is 0.339. The molecule has 2 unspecified atom stereocenters. The van der Waals surface area contributed by atoms with Crippen LogP contribution in [0.2, 0.25) is 0 Å². The van der Waals surface area contributed by atoms with Gasteiger partial charge >= 0.3 is 0 Å². The number of rotatable bonds is 3. The number of methoxy groups -OCH3 is 1. The van der Waals surface area contributed by atoms with E-state index < -0.39 is 0 Å². The van der Waals surface area contributed by atoms with E-state index in [9.17, 15) is 0 Å². The molecule has 2 heterocycles. The zero-order valence-electron chi connectivity index (χ0n) is 8.97. The van der Waals surface area contributed by atoms with Crippen molar-refractivity contribution in [2.75, 3.05) is 7.11 Å². The summed E-state index contributed by atoms with van der Waals surface area (Å²) in [5.74, 6) is 0.879. The van der Waals surface area contributed by atoms with E-state index in [0.29, 0.717) is 11.6 Å². The largest absolute Gasteiger partial charge is 0.380 e. The van der Waals surface area contributed by atoms with E-state index in [0.717, 1.165) is 18.4 Å². The van der Waals surface area contributed by atoms with Gasteiger partial charge in [-0.05, 0) is 31.6 Å². The predicted molar refractivity (Wildman–Crippen MR) is 53.8 cm³/mol. The van der Waals surface area contributed by atoms with Crippen LogP contribution in [0.1, 0.15) is 39.5 Å². The number of fused-ring (bicyclic) bond motifs is 2. The molecule has 76 valence electrons. The molecule has 2 aliphatic heterocycles. The summed E-state index contributed by atoms with van der Waals surface area (Å²) in [5, 5.41) is 3.70. The minimum atomic E-state index is 0.339. The Morgan fingerprint density at radius 1 is 1.54 bits per heavy atom. The van der Waals surface area contributed by atoms with Gasteiger partial charge in [-0.15, -0.1) is 0 Å². The van der Waals surface area contributed by atoms with E-state index in [4.69, 9.17) is 4.74 Å². The van der Waals surface area contributed by atoms with Crippen LogP contribution >= 0.6 is 0 Å². The van der Waals surface area contributed by atoms with Crippen molar-refractivity contribution in [3.8, 4) is 0 Å². The number of piperidine rings is 1. The molecule has 2 heteroatoms. The fourth-order valence-electron chi connectivity index (χ4n) is 3.44. The van der Waals surface area contributed by atoms with E-state index in [2.05, 4.69) is 19.2 Å². The van der Waals surface area contributed by atoms with Crippen LogP contribution in [0, 0.1) is 5.92 Å². The Kier molecular flexibility index (Phi) is 2.37. The lowest BCUT2D eigenvalue weighted by atomic mass is 9.63. The molecule has 0 amide bonds. The second-order valence-electron chi connectivity index (χ2n) is 4.88. The van der Waals surface area contributed by atoms with Crippen LogP contribution < -0.4 is 5.32 Å². The maximum Gasteiger partial charge on any atom is 0.0750 e. The lowest BCUT2D eigenvalue weighted by Gasteiger charge is -2.59. The molecule has 1 saturated carbocycles. The Morgan fingerprint density at radius 2 is 2.23 bits per heavy atom. The van der Waals surface area contributed by atoms with E-state index in [1.807, 2.05) is 7.11 Å². The molecule has 2 nitrogen and oxygen atoms in total. The molecule has 3 fully saturated rings. The van der Waals surface area contributed by atoms with E-state index >= 15 is 0 Å². The molecule has 0 aromatic carbocycles. The first kappa shape index (κ1) is 9.47. The molecule has 0 radical (unpaired) electrons. The smallest absolute Gasteiger partial charge is 0.0750 e. The molecular formula is C11H21NO. The van der Waals surface area contributed by atoms with Crippen molar-refractivity contribution in [3.63, 3.8) is 0 Å². The second kappa shape index (κ2) is 3.25. The van der Waals surface area contributed by atoms with Crippen LogP contribution in [0.3, 0.4) is 0 Å². The second-order valence-corrected chi connectivity index (χ2v) is 4.88. The molecule has 2 bridgehead atoms. The van der Waals surface area contributed by atoms with Crippen molar-refractivity contribution < 1.29 is 4.74 Å². The van der Waals surface area contributed by atoms with Gasteiger partial charge in [-0.25, -0.2) is 0 Å². The maximum absolute atomic E-state index is 5.57. The quantitative estimate of drug-likeness (QED) is 0.722. The lowest BCUT2D eigenvalue weighted by Crippen LogP contribution is -2.73. The third-order valence-corrected chi connectivity index (χ3v) is 3.77. The number of hydrogen-bond donors (Lipinski definition) is 1. The summed E-state index contributed by atoms with van der Waals surface area (Å²) >= 11 is 0. The van der Waals surface area contributed by atoms with Gasteiger partial charge in [0.2, 0.25) is 0 Å². The van der Waals surface area contributed by atoms with Crippen LogP contribution in [0.25, 0.3) is 0 Å². The summed E-state index contributed by atoms with van der Waals surface area (Å²) in [7, 11) is 1.84. The number of ether oxygens (including phenoxy) is 1. The molecule has 0 aromatic rings. The molecule has 3 rings (SSSR count). The Bertz CT molecular complexity index is 183. The van der Waals surface area contributed by atoms with Gasteiger partial charge < -0.3 is 10.1 Å². The highest BCUT2D eigenvalue weighted by Crippen LogP contribution is 2.44. The molecule has 13 heavy (non-hydrogen) atoms. The van der Waals surface area contributed by atoms with Crippen LogP contribution in [-0.4, -0.2) is 24.8 Å². The van der Waals surface area contributed by atoms with Gasteiger partial charge in [0.1, 0.15) is 0 Å². The van der Waals surface area contributed by atoms with Crippen LogP contribution in [0.15, 0.2) is 0 Å². The van der Waals surface area contributed by atoms with E-state index in [1.165, 1.54) is 19.3 Å². The molecule has 3 aliphatic rings. The van der Waals surface area contributed by atoms with Crippen molar-refractivity contribution in [3.05, 3.63) is 0 Å². The van der Waals surface area contributed by atoms with Gasteiger partial charge in [0, 0.05) is 18.7 Å². The summed E-state index contributed by atoms with van der Waals surface area (Å²) in [5.41, 5.74) is 0.339. The van der Waals surface area contributed by atoms with Gasteiger partial charge in [0.15, 0.2) is 0 Å². The molecule has 2 saturated heterocycles. The zero-order valence-corrected chi connectivity index (χ0v) is 8.97. The van der Waals surface area contributed by atoms with Crippen molar-refractivity contribution in [1.82, 2.24) is 5.32 Å². The first-order chi connectivity index (χ1) is 6.20. The van der Waals surface area contributed by atoms with E-state index in [1.54, 1.807) is 0 Å². The maximum atomic E-state index is 5.57. The summed E-state index contributed by atoms with van der Waals surface area (Å²) in [6.45, 7) is 4.58. The summed E-state index contributed by atoms with van der Waals surface area (Å²) < 4.78 is 5.57. The molecule has 4 atom stereocenters. The van der Waals surface area contributed by atoms with Crippen molar-refractivity contribution in [2.24, 2.45) is 5.92 Å². The highest BCUT2D eigenvalue weighted by Gasteiger charge is 2.52. The van der Waals surface area contributed by atoms with Crippen molar-refractivity contribution in [2.45, 2.75) is 57.2 Å². The highest BCUT2D eigenvalue weighted by atomic mass is 16.5. The summed E-state index contributed by atoms with van der Waals surface area (Å²) in [4.78, 5) is 0. The fourth-order valence-corrected chi connectivity index (χ4v) is 3.44. The monoisotopic (exact) mass is 183 g/mol. The van der Waals surface area contributed by atoms with Crippen molar-refractivity contribution >= 4 is 0 Å². The molecular weight excluding hydrogens is 162 g/mol. The van der Waals surface area contributed by atoms with Gasteiger partial charge in [-0.1, -0.05) is 13.8 Å².